The maximum Gasteiger partial charge on any atom is 0.261 e. The van der Waals surface area contributed by atoms with E-state index in [9.17, 15) is 4.79 Å². The van der Waals surface area contributed by atoms with Crippen molar-refractivity contribution in [2.24, 2.45) is 14.1 Å². The number of benzene rings is 1. The Balaban J connectivity index is 1.63. The zero-order valence-electron chi connectivity index (χ0n) is 13.7. The minimum absolute atomic E-state index is 0.0292. The molecule has 0 N–H and O–H groups in total. The number of thiophene rings is 1. The summed E-state index contributed by atoms with van der Waals surface area (Å²) in [7, 11) is 3.70. The van der Waals surface area contributed by atoms with Gasteiger partial charge in [-0.2, -0.15) is 0 Å². The topological polar surface area (TPSA) is 65.6 Å². The molecule has 0 saturated carbocycles. The maximum atomic E-state index is 12.5. The molecule has 0 aliphatic carbocycles. The van der Waals surface area contributed by atoms with Crippen LogP contribution in [-0.2, 0) is 19.8 Å². The third-order valence-electron chi connectivity index (χ3n) is 3.98. The van der Waals surface area contributed by atoms with E-state index < -0.39 is 0 Å². The predicted octanol–water partition coefficient (Wildman–Crippen LogP) is 3.08. The highest BCUT2D eigenvalue weighted by Gasteiger charge is 2.14. The van der Waals surface area contributed by atoms with Crippen LogP contribution in [0, 0.1) is 0 Å². The van der Waals surface area contributed by atoms with Gasteiger partial charge >= 0.3 is 0 Å². The van der Waals surface area contributed by atoms with Crippen LogP contribution in [-0.4, -0.2) is 24.3 Å². The standard InChI is InChI=1S/C17H15N5OS2/c1-21-14(18-12-7-4-3-6-11(12)16(21)23)10-25-17-20-19-15(22(17)2)13-8-5-9-24-13/h3-9H,10H2,1-2H3. The molecule has 0 aliphatic heterocycles. The molecule has 1 aromatic carbocycles. The van der Waals surface area contributed by atoms with Gasteiger partial charge in [0.15, 0.2) is 11.0 Å². The van der Waals surface area contributed by atoms with Gasteiger partial charge in [0.25, 0.3) is 5.56 Å². The van der Waals surface area contributed by atoms with Gasteiger partial charge < -0.3 is 4.57 Å². The number of hydrogen-bond acceptors (Lipinski definition) is 6. The molecule has 25 heavy (non-hydrogen) atoms. The number of rotatable bonds is 4. The van der Waals surface area contributed by atoms with Crippen LogP contribution in [0.25, 0.3) is 21.6 Å². The van der Waals surface area contributed by atoms with E-state index in [1.54, 1.807) is 29.0 Å². The van der Waals surface area contributed by atoms with Crippen LogP contribution < -0.4 is 5.56 Å². The van der Waals surface area contributed by atoms with Crippen molar-refractivity contribution in [3.63, 3.8) is 0 Å². The highest BCUT2D eigenvalue weighted by atomic mass is 32.2. The number of nitrogens with zero attached hydrogens (tertiary/aromatic N) is 5. The van der Waals surface area contributed by atoms with Crippen molar-refractivity contribution in [2.45, 2.75) is 10.9 Å². The van der Waals surface area contributed by atoms with Gasteiger partial charge in [-0.05, 0) is 23.6 Å². The third kappa shape index (κ3) is 2.87. The summed E-state index contributed by atoms with van der Waals surface area (Å²) >= 11 is 3.15. The fraction of sp³-hybridized carbons (Fsp3) is 0.176. The van der Waals surface area contributed by atoms with Crippen LogP contribution in [0.3, 0.4) is 0 Å². The number of para-hydroxylation sites is 1. The molecule has 3 aromatic heterocycles. The molecule has 8 heteroatoms. The molecule has 126 valence electrons. The average molecular weight is 369 g/mol. The molecule has 0 saturated heterocycles. The Bertz CT molecular complexity index is 1100. The van der Waals surface area contributed by atoms with Crippen molar-refractivity contribution in [3.05, 3.63) is 58.0 Å². The van der Waals surface area contributed by atoms with Gasteiger partial charge in [0.05, 0.1) is 21.5 Å². The van der Waals surface area contributed by atoms with Crippen molar-refractivity contribution < 1.29 is 0 Å². The fourth-order valence-electron chi connectivity index (χ4n) is 2.58. The van der Waals surface area contributed by atoms with Gasteiger partial charge in [-0.25, -0.2) is 4.98 Å². The summed E-state index contributed by atoms with van der Waals surface area (Å²) < 4.78 is 3.57. The molecule has 0 aliphatic rings. The van der Waals surface area contributed by atoms with Gasteiger partial charge in [-0.15, -0.1) is 21.5 Å². The second-order valence-electron chi connectivity index (χ2n) is 5.54. The van der Waals surface area contributed by atoms with E-state index in [4.69, 9.17) is 0 Å². The van der Waals surface area contributed by atoms with Crippen molar-refractivity contribution >= 4 is 34.0 Å². The summed E-state index contributed by atoms with van der Waals surface area (Å²) in [6.45, 7) is 0. The van der Waals surface area contributed by atoms with Crippen LogP contribution in [0.2, 0.25) is 0 Å². The van der Waals surface area contributed by atoms with Crippen molar-refractivity contribution in [1.82, 2.24) is 24.3 Å². The van der Waals surface area contributed by atoms with Crippen molar-refractivity contribution in [1.29, 1.82) is 0 Å². The summed E-state index contributed by atoms with van der Waals surface area (Å²) in [4.78, 5) is 18.2. The molecular weight excluding hydrogens is 354 g/mol. The Morgan fingerprint density at radius 1 is 1.08 bits per heavy atom. The smallest absolute Gasteiger partial charge is 0.261 e. The molecule has 6 nitrogen and oxygen atoms in total. The quantitative estimate of drug-likeness (QED) is 0.517. The molecular formula is C17H15N5OS2. The largest absolute Gasteiger partial charge is 0.304 e. The predicted molar refractivity (Wildman–Crippen MR) is 101 cm³/mol. The molecule has 0 unspecified atom stereocenters. The summed E-state index contributed by atoms with van der Waals surface area (Å²) in [6, 6.07) is 11.4. The zero-order chi connectivity index (χ0) is 17.4. The van der Waals surface area contributed by atoms with E-state index in [2.05, 4.69) is 15.2 Å². The van der Waals surface area contributed by atoms with Crippen LogP contribution in [0.5, 0.6) is 0 Å². The number of hydrogen-bond donors (Lipinski definition) is 0. The molecule has 0 fully saturated rings. The first-order chi connectivity index (χ1) is 12.1. The lowest BCUT2D eigenvalue weighted by molar-refractivity contribution is 0.773. The molecule has 0 atom stereocenters. The lowest BCUT2D eigenvalue weighted by atomic mass is 10.2. The SMILES string of the molecule is Cn1c(SCc2nc3ccccc3c(=O)n2C)nnc1-c1cccs1. The van der Waals surface area contributed by atoms with E-state index in [1.807, 2.05) is 47.3 Å². The van der Waals surface area contributed by atoms with E-state index in [0.29, 0.717) is 11.1 Å². The monoisotopic (exact) mass is 369 g/mol. The highest BCUT2D eigenvalue weighted by Crippen LogP contribution is 2.27. The Morgan fingerprint density at radius 3 is 2.72 bits per heavy atom. The van der Waals surface area contributed by atoms with Gasteiger partial charge in [-0.1, -0.05) is 30.0 Å². The van der Waals surface area contributed by atoms with Crippen LogP contribution >= 0.6 is 23.1 Å². The third-order valence-corrected chi connectivity index (χ3v) is 5.86. The molecule has 0 spiro atoms. The van der Waals surface area contributed by atoms with Gasteiger partial charge in [-0.3, -0.25) is 9.36 Å². The Morgan fingerprint density at radius 2 is 1.92 bits per heavy atom. The van der Waals surface area contributed by atoms with Gasteiger partial charge in [0, 0.05) is 14.1 Å². The van der Waals surface area contributed by atoms with Gasteiger partial charge in [0.1, 0.15) is 5.82 Å². The Labute approximate surface area is 152 Å². The minimum atomic E-state index is -0.0292. The van der Waals surface area contributed by atoms with Crippen molar-refractivity contribution in [3.8, 4) is 10.7 Å². The second-order valence-corrected chi connectivity index (χ2v) is 7.43. The van der Waals surface area contributed by atoms with E-state index >= 15 is 0 Å². The molecule has 0 radical (unpaired) electrons. The zero-order valence-corrected chi connectivity index (χ0v) is 15.3. The average Bonchev–Trinajstić information content (AvgIpc) is 3.27. The van der Waals surface area contributed by atoms with E-state index in [1.165, 1.54) is 11.8 Å². The first-order valence-electron chi connectivity index (χ1n) is 7.66. The number of aromatic nitrogens is 5. The van der Waals surface area contributed by atoms with E-state index in [0.717, 1.165) is 27.2 Å². The summed E-state index contributed by atoms with van der Waals surface area (Å²) in [5.74, 6) is 2.11. The summed E-state index contributed by atoms with van der Waals surface area (Å²) in [6.07, 6.45) is 0. The first kappa shape index (κ1) is 16.0. The summed E-state index contributed by atoms with van der Waals surface area (Å²) in [5, 5.41) is 12.0. The highest BCUT2D eigenvalue weighted by molar-refractivity contribution is 7.98. The van der Waals surface area contributed by atoms with Crippen LogP contribution in [0.4, 0.5) is 0 Å². The maximum absolute atomic E-state index is 12.5. The first-order valence-corrected chi connectivity index (χ1v) is 9.52. The Hall–Kier alpha value is -2.45. The minimum Gasteiger partial charge on any atom is -0.304 e. The molecule has 4 aromatic rings. The lowest BCUT2D eigenvalue weighted by Gasteiger charge is -2.08. The Kier molecular flexibility index (Phi) is 4.14. The lowest BCUT2D eigenvalue weighted by Crippen LogP contribution is -2.21. The second kappa shape index (κ2) is 6.45. The molecule has 0 bridgehead atoms. The molecule has 0 amide bonds. The van der Waals surface area contributed by atoms with E-state index in [-0.39, 0.29) is 5.56 Å². The number of fused-ring (bicyclic) bond motifs is 1. The summed E-state index contributed by atoms with van der Waals surface area (Å²) in [5.41, 5.74) is 0.692. The molecule has 4 rings (SSSR count). The van der Waals surface area contributed by atoms with Crippen molar-refractivity contribution in [2.75, 3.05) is 0 Å². The van der Waals surface area contributed by atoms with Crippen LogP contribution in [0.15, 0.2) is 51.7 Å². The normalized spacial score (nSPS) is 11.3. The van der Waals surface area contributed by atoms with Crippen LogP contribution in [0.1, 0.15) is 5.82 Å². The molecule has 3 heterocycles. The van der Waals surface area contributed by atoms with Gasteiger partial charge in [0.2, 0.25) is 0 Å². The number of thioether (sulfide) groups is 1. The fourth-order valence-corrected chi connectivity index (χ4v) is 4.22.